The average Bonchev–Trinajstić information content (AvgIpc) is 3.30. The number of nitrogens with zero attached hydrogens (tertiary/aromatic N) is 2. The minimum Gasteiger partial charge on any atom is -0.297 e. The van der Waals surface area contributed by atoms with Gasteiger partial charge in [0.25, 0.3) is 5.56 Å². The SMILES string of the molecule is N=C(C(=O)CSc1nc2ccccc2c(=O)n1-c1ccccc1)c1ccc2c(c1)CCC2. The van der Waals surface area contributed by atoms with Crippen LogP contribution in [0.25, 0.3) is 16.6 Å². The maximum Gasteiger partial charge on any atom is 0.266 e. The molecule has 5 nitrogen and oxygen atoms in total. The quantitative estimate of drug-likeness (QED) is 0.271. The molecular formula is C26H21N3O2S. The number of carbonyl (C=O) groups is 1. The third-order valence-electron chi connectivity index (χ3n) is 5.76. The molecular weight excluding hydrogens is 418 g/mol. The second-order valence-corrected chi connectivity index (χ2v) is 8.75. The number of Topliss-reactive ketones (excluding diaryl/α,β-unsaturated/α-hetero) is 1. The molecule has 5 rings (SSSR count). The van der Waals surface area contributed by atoms with Crippen molar-refractivity contribution in [1.29, 1.82) is 5.41 Å². The van der Waals surface area contributed by atoms with Crippen molar-refractivity contribution in [2.45, 2.75) is 24.4 Å². The maximum absolute atomic E-state index is 13.2. The topological polar surface area (TPSA) is 75.8 Å². The standard InChI is InChI=1S/C26H21N3O2S/c27-24(19-14-13-17-7-6-8-18(17)15-19)23(30)16-32-26-28-22-12-5-4-11-21(22)25(31)29(26)20-9-2-1-3-10-20/h1-5,9-15,27H,6-8,16H2. The first-order valence-electron chi connectivity index (χ1n) is 10.6. The van der Waals surface area contributed by atoms with E-state index < -0.39 is 0 Å². The molecule has 1 aromatic heterocycles. The number of carbonyl (C=O) groups excluding carboxylic acids is 1. The molecule has 0 unspecified atom stereocenters. The van der Waals surface area contributed by atoms with Crippen molar-refractivity contribution in [3.05, 3.63) is 99.8 Å². The van der Waals surface area contributed by atoms with Gasteiger partial charge in [-0.1, -0.05) is 54.2 Å². The van der Waals surface area contributed by atoms with Crippen LogP contribution in [-0.2, 0) is 17.6 Å². The number of fused-ring (bicyclic) bond motifs is 2. The number of hydrogen-bond acceptors (Lipinski definition) is 5. The first kappa shape index (κ1) is 20.4. The Hall–Kier alpha value is -3.51. The molecule has 0 fully saturated rings. The molecule has 3 aromatic carbocycles. The van der Waals surface area contributed by atoms with Crippen LogP contribution in [0.3, 0.4) is 0 Å². The molecule has 0 aliphatic heterocycles. The van der Waals surface area contributed by atoms with Crippen LogP contribution >= 0.6 is 11.8 Å². The molecule has 0 saturated heterocycles. The van der Waals surface area contributed by atoms with Gasteiger partial charge >= 0.3 is 0 Å². The third kappa shape index (κ3) is 3.78. The van der Waals surface area contributed by atoms with Crippen LogP contribution < -0.4 is 5.56 Å². The molecule has 1 N–H and O–H groups in total. The molecule has 0 radical (unpaired) electrons. The number of thioether (sulfide) groups is 1. The number of hydrogen-bond donors (Lipinski definition) is 1. The Morgan fingerprint density at radius 3 is 2.56 bits per heavy atom. The lowest BCUT2D eigenvalue weighted by Crippen LogP contribution is -2.23. The van der Waals surface area contributed by atoms with Crippen LogP contribution in [0.4, 0.5) is 0 Å². The number of para-hydroxylation sites is 2. The van der Waals surface area contributed by atoms with Crippen LogP contribution in [0.5, 0.6) is 0 Å². The Labute approximate surface area is 189 Å². The van der Waals surface area contributed by atoms with Gasteiger partial charge in [0.05, 0.1) is 22.3 Å². The lowest BCUT2D eigenvalue weighted by molar-refractivity contribution is -0.110. The van der Waals surface area contributed by atoms with E-state index in [0.717, 1.165) is 19.3 Å². The Morgan fingerprint density at radius 1 is 0.969 bits per heavy atom. The summed E-state index contributed by atoms with van der Waals surface area (Å²) < 4.78 is 1.54. The smallest absolute Gasteiger partial charge is 0.266 e. The monoisotopic (exact) mass is 439 g/mol. The minimum atomic E-state index is -0.282. The zero-order valence-electron chi connectivity index (χ0n) is 17.4. The summed E-state index contributed by atoms with van der Waals surface area (Å²) in [5.74, 6) is -0.247. The average molecular weight is 440 g/mol. The van der Waals surface area contributed by atoms with Gasteiger partial charge in [0.2, 0.25) is 0 Å². The summed E-state index contributed by atoms with van der Waals surface area (Å²) in [7, 11) is 0. The fourth-order valence-electron chi connectivity index (χ4n) is 4.10. The normalized spacial score (nSPS) is 12.6. The Kier molecular flexibility index (Phi) is 5.45. The molecule has 1 aliphatic rings. The van der Waals surface area contributed by atoms with E-state index in [1.165, 1.54) is 22.9 Å². The van der Waals surface area contributed by atoms with Crippen molar-refractivity contribution in [2.75, 3.05) is 5.75 Å². The zero-order valence-corrected chi connectivity index (χ0v) is 18.2. The Balaban J connectivity index is 1.45. The van der Waals surface area contributed by atoms with Crippen molar-refractivity contribution in [3.8, 4) is 5.69 Å². The second-order valence-electron chi connectivity index (χ2n) is 7.81. The molecule has 32 heavy (non-hydrogen) atoms. The van der Waals surface area contributed by atoms with Gasteiger partial charge in [-0.05, 0) is 60.7 Å². The summed E-state index contributed by atoms with van der Waals surface area (Å²) in [5.41, 5.74) is 4.32. The number of ketones is 1. The predicted octanol–water partition coefficient (Wildman–Crippen LogP) is 4.60. The molecule has 1 aliphatic carbocycles. The van der Waals surface area contributed by atoms with Crippen molar-refractivity contribution >= 4 is 34.2 Å². The summed E-state index contributed by atoms with van der Waals surface area (Å²) >= 11 is 1.19. The van der Waals surface area contributed by atoms with E-state index in [9.17, 15) is 9.59 Å². The maximum atomic E-state index is 13.2. The predicted molar refractivity (Wildman–Crippen MR) is 128 cm³/mol. The number of aromatic nitrogens is 2. The fourth-order valence-corrected chi connectivity index (χ4v) is 4.99. The molecule has 0 saturated carbocycles. The summed E-state index contributed by atoms with van der Waals surface area (Å²) in [6.45, 7) is 0. The number of benzene rings is 3. The Morgan fingerprint density at radius 2 is 1.72 bits per heavy atom. The van der Waals surface area contributed by atoms with Gasteiger partial charge in [0.15, 0.2) is 10.9 Å². The third-order valence-corrected chi connectivity index (χ3v) is 6.70. The van der Waals surface area contributed by atoms with Gasteiger partial charge < -0.3 is 0 Å². The molecule has 0 atom stereocenters. The highest BCUT2D eigenvalue weighted by Gasteiger charge is 2.19. The number of nitrogens with one attached hydrogen (secondary N) is 1. The van der Waals surface area contributed by atoms with Crippen LogP contribution in [-0.4, -0.2) is 26.8 Å². The van der Waals surface area contributed by atoms with E-state index in [0.29, 0.717) is 27.3 Å². The van der Waals surface area contributed by atoms with Crippen LogP contribution in [0.2, 0.25) is 0 Å². The number of aryl methyl sites for hydroxylation is 2. The summed E-state index contributed by atoms with van der Waals surface area (Å²) in [4.78, 5) is 30.8. The van der Waals surface area contributed by atoms with Crippen LogP contribution in [0.1, 0.15) is 23.1 Å². The van der Waals surface area contributed by atoms with Crippen LogP contribution in [0.15, 0.2) is 82.7 Å². The summed E-state index contributed by atoms with van der Waals surface area (Å²) in [5, 5.41) is 9.37. The highest BCUT2D eigenvalue weighted by Crippen LogP contribution is 2.24. The van der Waals surface area contributed by atoms with Crippen molar-refractivity contribution in [3.63, 3.8) is 0 Å². The van der Waals surface area contributed by atoms with Gasteiger partial charge in [0, 0.05) is 5.56 Å². The van der Waals surface area contributed by atoms with Gasteiger partial charge in [-0.15, -0.1) is 0 Å². The first-order chi connectivity index (χ1) is 15.6. The summed E-state index contributed by atoms with van der Waals surface area (Å²) in [6.07, 6.45) is 3.20. The zero-order chi connectivity index (χ0) is 22.1. The lowest BCUT2D eigenvalue weighted by Gasteiger charge is -2.13. The van der Waals surface area contributed by atoms with Gasteiger partial charge in [-0.2, -0.15) is 0 Å². The van der Waals surface area contributed by atoms with Gasteiger partial charge in [0.1, 0.15) is 5.71 Å². The van der Waals surface area contributed by atoms with E-state index in [-0.39, 0.29) is 22.8 Å². The fraction of sp³-hybridized carbons (Fsp3) is 0.154. The molecule has 4 aromatic rings. The van der Waals surface area contributed by atoms with Gasteiger partial charge in [-0.25, -0.2) is 4.98 Å². The summed E-state index contributed by atoms with van der Waals surface area (Å²) in [6, 6.07) is 22.4. The molecule has 158 valence electrons. The van der Waals surface area contributed by atoms with E-state index >= 15 is 0 Å². The van der Waals surface area contributed by atoms with Crippen molar-refractivity contribution in [1.82, 2.24) is 9.55 Å². The molecule has 0 bridgehead atoms. The van der Waals surface area contributed by atoms with E-state index in [1.807, 2.05) is 60.7 Å². The van der Waals surface area contributed by atoms with Crippen LogP contribution in [0, 0.1) is 5.41 Å². The Bertz CT molecular complexity index is 1410. The molecule has 0 spiro atoms. The number of rotatable bonds is 6. The highest BCUT2D eigenvalue weighted by molar-refractivity contribution is 7.99. The van der Waals surface area contributed by atoms with E-state index in [4.69, 9.17) is 5.41 Å². The van der Waals surface area contributed by atoms with Crippen molar-refractivity contribution < 1.29 is 4.79 Å². The second kappa shape index (κ2) is 8.55. The highest BCUT2D eigenvalue weighted by atomic mass is 32.2. The molecule has 1 heterocycles. The molecule has 6 heteroatoms. The largest absolute Gasteiger partial charge is 0.297 e. The van der Waals surface area contributed by atoms with Crippen molar-refractivity contribution in [2.24, 2.45) is 0 Å². The van der Waals surface area contributed by atoms with E-state index in [2.05, 4.69) is 4.98 Å². The lowest BCUT2D eigenvalue weighted by atomic mass is 10.0. The minimum absolute atomic E-state index is 0.00148. The van der Waals surface area contributed by atoms with E-state index in [1.54, 1.807) is 16.7 Å². The van der Waals surface area contributed by atoms with Gasteiger partial charge in [-0.3, -0.25) is 19.6 Å². The first-order valence-corrected chi connectivity index (χ1v) is 11.5. The molecule has 0 amide bonds.